The maximum atomic E-state index is 12.9. The van der Waals surface area contributed by atoms with Gasteiger partial charge in [0.25, 0.3) is 5.91 Å². The lowest BCUT2D eigenvalue weighted by Gasteiger charge is -2.10. The average Bonchev–Trinajstić information content (AvgIpc) is 3.41. The molecule has 178 valence electrons. The molecule has 1 aliphatic rings. The lowest BCUT2D eigenvalue weighted by atomic mass is 10.1. The first-order valence-electron chi connectivity index (χ1n) is 10.0. The van der Waals surface area contributed by atoms with Gasteiger partial charge in [-0.25, -0.2) is 14.4 Å². The van der Waals surface area contributed by atoms with E-state index in [-0.39, 0.29) is 45.7 Å². The van der Waals surface area contributed by atoms with Gasteiger partial charge in [0.1, 0.15) is 17.2 Å². The molecule has 1 aliphatic heterocycles. The first-order valence-corrected chi connectivity index (χ1v) is 10.8. The molecular weight excluding hydrogens is 499 g/mol. The number of urea groups is 1. The zero-order valence-corrected chi connectivity index (χ0v) is 19.6. The van der Waals surface area contributed by atoms with Gasteiger partial charge in [0, 0.05) is 10.6 Å². The third-order valence-electron chi connectivity index (χ3n) is 4.89. The van der Waals surface area contributed by atoms with Crippen LogP contribution in [0.1, 0.15) is 32.2 Å². The van der Waals surface area contributed by atoms with Crippen LogP contribution in [0.5, 0.6) is 5.75 Å². The monoisotopic (exact) mass is 514 g/mol. The maximum Gasteiger partial charge on any atom is 0.373 e. The second kappa shape index (κ2) is 10.0. The highest BCUT2D eigenvalue weighted by molar-refractivity contribution is 6.33. The van der Waals surface area contributed by atoms with Crippen LogP contribution >= 0.6 is 23.2 Å². The van der Waals surface area contributed by atoms with E-state index in [2.05, 4.69) is 10.1 Å². The van der Waals surface area contributed by atoms with Gasteiger partial charge in [-0.2, -0.15) is 0 Å². The maximum absolute atomic E-state index is 12.9. The Bertz CT molecular complexity index is 1380. The largest absolute Gasteiger partial charge is 0.463 e. The molecular formula is C24H16Cl2N2O7. The predicted molar refractivity (Wildman–Crippen MR) is 125 cm³/mol. The fourth-order valence-corrected chi connectivity index (χ4v) is 3.60. The molecule has 3 amide bonds. The number of furan rings is 1. The summed E-state index contributed by atoms with van der Waals surface area (Å²) < 4.78 is 15.4. The van der Waals surface area contributed by atoms with Crippen molar-refractivity contribution in [3.63, 3.8) is 0 Å². The summed E-state index contributed by atoms with van der Waals surface area (Å²) in [7, 11) is 1.20. The molecule has 0 bridgehead atoms. The molecule has 0 spiro atoms. The number of halogens is 2. The molecule has 0 aliphatic carbocycles. The minimum Gasteiger partial charge on any atom is -0.463 e. The number of carbonyl (C=O) groups excluding carboxylic acids is 4. The molecule has 1 saturated heterocycles. The van der Waals surface area contributed by atoms with E-state index in [1.54, 1.807) is 18.2 Å². The topological polar surface area (TPSA) is 115 Å². The number of benzene rings is 2. The molecule has 0 saturated carbocycles. The Morgan fingerprint density at radius 1 is 1.06 bits per heavy atom. The van der Waals surface area contributed by atoms with E-state index in [0.717, 1.165) is 4.90 Å². The number of rotatable bonds is 6. The summed E-state index contributed by atoms with van der Waals surface area (Å²) in [6, 6.07) is 13.0. The van der Waals surface area contributed by atoms with Gasteiger partial charge in [-0.15, -0.1) is 0 Å². The summed E-state index contributed by atoms with van der Waals surface area (Å²) in [5.74, 6) is -1.81. The van der Waals surface area contributed by atoms with Crippen LogP contribution in [0.3, 0.4) is 0 Å². The molecule has 0 radical (unpaired) electrons. The Morgan fingerprint density at radius 3 is 2.57 bits per heavy atom. The van der Waals surface area contributed by atoms with Crippen LogP contribution in [0.25, 0.3) is 6.08 Å². The van der Waals surface area contributed by atoms with Gasteiger partial charge < -0.3 is 19.2 Å². The van der Waals surface area contributed by atoms with Crippen LogP contribution in [0.2, 0.25) is 10.0 Å². The normalized spacial score (nSPS) is 14.3. The molecule has 2 heterocycles. The van der Waals surface area contributed by atoms with Crippen molar-refractivity contribution in [2.75, 3.05) is 7.11 Å². The van der Waals surface area contributed by atoms with Crippen molar-refractivity contribution in [3.05, 3.63) is 93.0 Å². The Labute approximate surface area is 208 Å². The Balaban J connectivity index is 1.57. The quantitative estimate of drug-likeness (QED) is 0.219. The van der Waals surface area contributed by atoms with E-state index < -0.39 is 23.9 Å². The van der Waals surface area contributed by atoms with Crippen molar-refractivity contribution in [2.24, 2.45) is 0 Å². The number of carbonyl (C=O) groups is 4. The lowest BCUT2D eigenvalue weighted by molar-refractivity contribution is -0.123. The number of nitrogens with one attached hydrogen (secondary N) is 1. The number of nitrogens with zero attached hydrogens (tertiary/aromatic N) is 1. The minimum absolute atomic E-state index is 0.0609. The number of imide groups is 1. The summed E-state index contributed by atoms with van der Waals surface area (Å²) in [6.45, 7) is -0.219. The smallest absolute Gasteiger partial charge is 0.373 e. The number of amides is 3. The molecule has 4 rings (SSSR count). The van der Waals surface area contributed by atoms with Crippen LogP contribution in [0.4, 0.5) is 4.79 Å². The van der Waals surface area contributed by atoms with Gasteiger partial charge in [-0.05, 0) is 48.5 Å². The van der Waals surface area contributed by atoms with Gasteiger partial charge in [0.15, 0.2) is 0 Å². The number of hydrogen-bond donors (Lipinski definition) is 1. The Kier molecular flexibility index (Phi) is 6.90. The summed E-state index contributed by atoms with van der Waals surface area (Å²) in [4.78, 5) is 50.4. The standard InChI is InChI=1S/C24H16Cl2N2O7/c1-33-23(31)20-9-7-15(34-20)12-28-21(29)18(27-24(28)32)11-13-10-14(25)6-8-19(13)35-22(30)16-4-2-3-5-17(16)26/h2-11H,12H2,1H3,(H,27,32)/b18-11-. The second-order valence-electron chi connectivity index (χ2n) is 7.19. The van der Waals surface area contributed by atoms with Gasteiger partial charge in [0.2, 0.25) is 5.76 Å². The van der Waals surface area contributed by atoms with Crippen LogP contribution in [-0.4, -0.2) is 35.9 Å². The highest BCUT2D eigenvalue weighted by Crippen LogP contribution is 2.28. The number of hydrogen-bond acceptors (Lipinski definition) is 7. The van der Waals surface area contributed by atoms with Crippen molar-refractivity contribution in [3.8, 4) is 5.75 Å². The van der Waals surface area contributed by atoms with E-state index in [4.69, 9.17) is 32.4 Å². The van der Waals surface area contributed by atoms with Crippen LogP contribution < -0.4 is 10.1 Å². The third kappa shape index (κ3) is 5.21. The molecule has 1 aromatic heterocycles. The SMILES string of the molecule is COC(=O)c1ccc(CN2C(=O)N/C(=C\c3cc(Cl)ccc3OC(=O)c3ccccc3Cl)C2=O)o1. The Morgan fingerprint density at radius 2 is 1.83 bits per heavy atom. The molecule has 9 nitrogen and oxygen atoms in total. The summed E-state index contributed by atoms with van der Waals surface area (Å²) in [6.07, 6.45) is 1.34. The van der Waals surface area contributed by atoms with Gasteiger partial charge in [-0.1, -0.05) is 35.3 Å². The fourth-order valence-electron chi connectivity index (χ4n) is 3.21. The van der Waals surface area contributed by atoms with Gasteiger partial charge >= 0.3 is 18.0 Å². The highest BCUT2D eigenvalue weighted by Gasteiger charge is 2.34. The lowest BCUT2D eigenvalue weighted by Crippen LogP contribution is -2.30. The number of methoxy groups -OCH3 is 1. The van der Waals surface area contributed by atoms with Crippen molar-refractivity contribution < 1.29 is 33.1 Å². The first kappa shape index (κ1) is 24.1. The zero-order chi connectivity index (χ0) is 25.1. The van der Waals surface area contributed by atoms with Gasteiger partial charge in [-0.3, -0.25) is 9.69 Å². The molecule has 2 aromatic carbocycles. The molecule has 0 unspecified atom stereocenters. The van der Waals surface area contributed by atoms with E-state index in [9.17, 15) is 19.2 Å². The number of esters is 2. The number of ether oxygens (including phenoxy) is 2. The molecule has 3 aromatic rings. The third-order valence-corrected chi connectivity index (χ3v) is 5.46. The second-order valence-corrected chi connectivity index (χ2v) is 8.03. The van der Waals surface area contributed by atoms with E-state index in [0.29, 0.717) is 5.02 Å². The van der Waals surface area contributed by atoms with Crippen molar-refractivity contribution in [2.45, 2.75) is 6.54 Å². The van der Waals surface area contributed by atoms with Crippen LogP contribution in [-0.2, 0) is 16.1 Å². The van der Waals surface area contributed by atoms with Gasteiger partial charge in [0.05, 0.1) is 24.2 Å². The average molecular weight is 515 g/mol. The van der Waals surface area contributed by atoms with Crippen LogP contribution in [0, 0.1) is 0 Å². The van der Waals surface area contributed by atoms with E-state index in [1.165, 1.54) is 49.6 Å². The first-order chi connectivity index (χ1) is 16.8. The van der Waals surface area contributed by atoms with Crippen molar-refractivity contribution in [1.82, 2.24) is 10.2 Å². The zero-order valence-electron chi connectivity index (χ0n) is 18.0. The molecule has 1 fully saturated rings. The summed E-state index contributed by atoms with van der Waals surface area (Å²) >= 11 is 12.2. The Hall–Kier alpha value is -4.08. The minimum atomic E-state index is -0.708. The molecule has 1 N–H and O–H groups in total. The highest BCUT2D eigenvalue weighted by atomic mass is 35.5. The van der Waals surface area contributed by atoms with Crippen molar-refractivity contribution in [1.29, 1.82) is 0 Å². The summed E-state index contributed by atoms with van der Waals surface area (Å²) in [5, 5.41) is 2.99. The molecule has 35 heavy (non-hydrogen) atoms. The molecule has 0 atom stereocenters. The molecule has 11 heteroatoms. The fraction of sp³-hybridized carbons (Fsp3) is 0.0833. The van der Waals surface area contributed by atoms with E-state index >= 15 is 0 Å². The predicted octanol–water partition coefficient (Wildman–Crippen LogP) is 4.69. The van der Waals surface area contributed by atoms with Crippen molar-refractivity contribution >= 4 is 53.2 Å². The van der Waals surface area contributed by atoms with Crippen LogP contribution in [0.15, 0.2) is 64.7 Å². The van der Waals surface area contributed by atoms with E-state index in [1.807, 2.05) is 0 Å². The summed E-state index contributed by atoms with van der Waals surface area (Å²) in [5.41, 5.74) is 0.352.